The molecule has 1 aromatic rings. The minimum atomic E-state index is -0.105. The molecule has 0 unspecified atom stereocenters. The van der Waals surface area contributed by atoms with Crippen molar-refractivity contribution in [2.24, 2.45) is 5.84 Å². The normalized spacial score (nSPS) is 10.7. The lowest BCUT2D eigenvalue weighted by Gasteiger charge is -2.12. The third kappa shape index (κ3) is 5.61. The van der Waals surface area contributed by atoms with Crippen molar-refractivity contribution in [2.45, 2.75) is 52.4 Å². The van der Waals surface area contributed by atoms with Crippen molar-refractivity contribution >= 4 is 5.91 Å². The number of amides is 1. The van der Waals surface area contributed by atoms with E-state index in [-0.39, 0.29) is 5.91 Å². The zero-order valence-electron chi connectivity index (χ0n) is 12.7. The van der Waals surface area contributed by atoms with Crippen LogP contribution in [0.5, 0.6) is 5.75 Å². The molecular formula is C16H26N2O2. The van der Waals surface area contributed by atoms with E-state index < -0.39 is 0 Å². The van der Waals surface area contributed by atoms with Crippen molar-refractivity contribution in [3.8, 4) is 5.75 Å². The Morgan fingerprint density at radius 2 is 2.05 bits per heavy atom. The number of carbonyl (C=O) groups is 1. The average molecular weight is 278 g/mol. The molecule has 1 amide bonds. The molecule has 0 radical (unpaired) electrons. The van der Waals surface area contributed by atoms with Crippen molar-refractivity contribution < 1.29 is 9.53 Å². The number of hydrogen-bond acceptors (Lipinski definition) is 3. The first-order valence-corrected chi connectivity index (χ1v) is 7.27. The van der Waals surface area contributed by atoms with E-state index in [1.54, 1.807) is 0 Å². The molecule has 112 valence electrons. The Morgan fingerprint density at radius 3 is 2.70 bits per heavy atom. The van der Waals surface area contributed by atoms with Crippen molar-refractivity contribution in [1.82, 2.24) is 5.43 Å². The monoisotopic (exact) mass is 278 g/mol. The van der Waals surface area contributed by atoms with E-state index in [1.165, 1.54) is 5.56 Å². The van der Waals surface area contributed by atoms with Crippen LogP contribution in [0.25, 0.3) is 0 Å². The van der Waals surface area contributed by atoms with Gasteiger partial charge in [0.25, 0.3) is 0 Å². The topological polar surface area (TPSA) is 64.3 Å². The van der Waals surface area contributed by atoms with Crippen LogP contribution in [0.2, 0.25) is 0 Å². The van der Waals surface area contributed by atoms with Gasteiger partial charge in [-0.15, -0.1) is 0 Å². The minimum absolute atomic E-state index is 0.105. The van der Waals surface area contributed by atoms with E-state index in [2.05, 4.69) is 44.4 Å². The molecule has 3 N–H and O–H groups in total. The highest BCUT2D eigenvalue weighted by Crippen LogP contribution is 2.24. The molecule has 0 fully saturated rings. The predicted octanol–water partition coefficient (Wildman–Crippen LogP) is 3.05. The summed E-state index contributed by atoms with van der Waals surface area (Å²) in [5.74, 6) is 6.39. The molecule has 0 aliphatic carbocycles. The summed E-state index contributed by atoms with van der Waals surface area (Å²) in [6.07, 6.45) is 3.25. The predicted molar refractivity (Wildman–Crippen MR) is 81.6 cm³/mol. The van der Waals surface area contributed by atoms with E-state index in [9.17, 15) is 4.79 Å². The Bertz CT molecular complexity index is 430. The molecule has 0 bridgehead atoms. The van der Waals surface area contributed by atoms with Crippen molar-refractivity contribution in [1.29, 1.82) is 0 Å². The van der Waals surface area contributed by atoms with E-state index in [1.807, 2.05) is 0 Å². The average Bonchev–Trinajstić information content (AvgIpc) is 2.43. The van der Waals surface area contributed by atoms with Crippen LogP contribution in [0.15, 0.2) is 18.2 Å². The van der Waals surface area contributed by atoms with E-state index in [0.717, 1.165) is 30.6 Å². The first-order chi connectivity index (χ1) is 9.54. The fourth-order valence-electron chi connectivity index (χ4n) is 1.95. The molecule has 0 aliphatic heterocycles. The van der Waals surface area contributed by atoms with Crippen LogP contribution < -0.4 is 16.0 Å². The van der Waals surface area contributed by atoms with Gasteiger partial charge in [-0.05, 0) is 49.3 Å². The number of ether oxygens (including phenoxy) is 1. The summed E-state index contributed by atoms with van der Waals surface area (Å²) in [6, 6.07) is 6.39. The maximum atomic E-state index is 10.9. The summed E-state index contributed by atoms with van der Waals surface area (Å²) in [5, 5.41) is 0. The smallest absolute Gasteiger partial charge is 0.233 e. The maximum absolute atomic E-state index is 10.9. The number of aryl methyl sites for hydroxylation is 1. The largest absolute Gasteiger partial charge is 0.493 e. The molecule has 1 rings (SSSR count). The third-order valence-electron chi connectivity index (χ3n) is 3.35. The molecule has 0 aliphatic rings. The van der Waals surface area contributed by atoms with Gasteiger partial charge < -0.3 is 4.74 Å². The highest BCUT2D eigenvalue weighted by atomic mass is 16.5. The van der Waals surface area contributed by atoms with Gasteiger partial charge in [-0.1, -0.05) is 26.0 Å². The van der Waals surface area contributed by atoms with Gasteiger partial charge in [0.2, 0.25) is 5.91 Å². The number of rotatable bonds is 8. The summed E-state index contributed by atoms with van der Waals surface area (Å²) in [7, 11) is 0. The van der Waals surface area contributed by atoms with Crippen LogP contribution >= 0.6 is 0 Å². The van der Waals surface area contributed by atoms with Crippen LogP contribution in [-0.2, 0) is 4.79 Å². The fraction of sp³-hybridized carbons (Fsp3) is 0.562. The fourth-order valence-corrected chi connectivity index (χ4v) is 1.95. The number of carbonyl (C=O) groups excluding carboxylic acids is 1. The van der Waals surface area contributed by atoms with Gasteiger partial charge >= 0.3 is 0 Å². The molecule has 0 aromatic heterocycles. The first-order valence-electron chi connectivity index (χ1n) is 7.27. The van der Waals surface area contributed by atoms with E-state index in [0.29, 0.717) is 18.9 Å². The second-order valence-electron chi connectivity index (χ2n) is 5.41. The van der Waals surface area contributed by atoms with Crippen molar-refractivity contribution in [3.63, 3.8) is 0 Å². The quantitative estimate of drug-likeness (QED) is 0.332. The number of unbranched alkanes of at least 4 members (excludes halogenated alkanes) is 2. The molecule has 20 heavy (non-hydrogen) atoms. The van der Waals surface area contributed by atoms with Crippen molar-refractivity contribution in [3.05, 3.63) is 29.3 Å². The maximum Gasteiger partial charge on any atom is 0.233 e. The summed E-state index contributed by atoms with van der Waals surface area (Å²) in [4.78, 5) is 10.9. The van der Waals surface area contributed by atoms with Crippen molar-refractivity contribution in [2.75, 3.05) is 6.61 Å². The molecule has 4 heteroatoms. The SMILES string of the molecule is Cc1ccc(C(C)C)cc1OCCCCCC(=O)NN. The highest BCUT2D eigenvalue weighted by molar-refractivity contribution is 5.75. The van der Waals surface area contributed by atoms with E-state index in [4.69, 9.17) is 10.6 Å². The number of hydrogen-bond donors (Lipinski definition) is 2. The highest BCUT2D eigenvalue weighted by Gasteiger charge is 2.05. The second-order valence-corrected chi connectivity index (χ2v) is 5.41. The Labute approximate surface area is 121 Å². The van der Waals surface area contributed by atoms with Crippen LogP contribution in [0.4, 0.5) is 0 Å². The van der Waals surface area contributed by atoms with Gasteiger partial charge in [0.15, 0.2) is 0 Å². The number of nitrogens with two attached hydrogens (primary N) is 1. The van der Waals surface area contributed by atoms with Gasteiger partial charge in [-0.3, -0.25) is 10.2 Å². The Kier molecular flexibility index (Phi) is 7.09. The molecule has 0 saturated carbocycles. The zero-order valence-corrected chi connectivity index (χ0v) is 12.7. The second kappa shape index (κ2) is 8.59. The Balaban J connectivity index is 2.31. The number of nitrogens with one attached hydrogen (secondary N) is 1. The zero-order chi connectivity index (χ0) is 15.0. The Morgan fingerprint density at radius 1 is 1.30 bits per heavy atom. The van der Waals surface area contributed by atoms with Gasteiger partial charge in [-0.2, -0.15) is 0 Å². The number of benzene rings is 1. The minimum Gasteiger partial charge on any atom is -0.493 e. The molecule has 0 saturated heterocycles. The Hall–Kier alpha value is -1.55. The van der Waals surface area contributed by atoms with Crippen LogP contribution in [0.1, 0.15) is 56.6 Å². The lowest BCUT2D eigenvalue weighted by atomic mass is 10.0. The van der Waals surface area contributed by atoms with Gasteiger partial charge in [0, 0.05) is 6.42 Å². The molecular weight excluding hydrogens is 252 g/mol. The standard InChI is InChI=1S/C16H26N2O2/c1-12(2)14-9-8-13(3)15(11-14)20-10-6-4-5-7-16(19)18-17/h8-9,11-12H,4-7,10,17H2,1-3H3,(H,18,19). The first kappa shape index (κ1) is 16.5. The van der Waals surface area contributed by atoms with Gasteiger partial charge in [-0.25, -0.2) is 5.84 Å². The van der Waals surface area contributed by atoms with E-state index >= 15 is 0 Å². The summed E-state index contributed by atoms with van der Waals surface area (Å²) >= 11 is 0. The van der Waals surface area contributed by atoms with Gasteiger partial charge in [0.1, 0.15) is 5.75 Å². The summed E-state index contributed by atoms with van der Waals surface area (Å²) in [5.41, 5.74) is 4.60. The van der Waals surface area contributed by atoms with Crippen LogP contribution in [0.3, 0.4) is 0 Å². The lowest BCUT2D eigenvalue weighted by molar-refractivity contribution is -0.121. The summed E-state index contributed by atoms with van der Waals surface area (Å²) in [6.45, 7) is 7.10. The number of hydrazine groups is 1. The molecule has 0 heterocycles. The molecule has 0 spiro atoms. The molecule has 1 aromatic carbocycles. The van der Waals surface area contributed by atoms with Crippen LogP contribution in [0, 0.1) is 6.92 Å². The molecule has 0 atom stereocenters. The van der Waals surface area contributed by atoms with Crippen LogP contribution in [-0.4, -0.2) is 12.5 Å². The van der Waals surface area contributed by atoms with Gasteiger partial charge in [0.05, 0.1) is 6.61 Å². The summed E-state index contributed by atoms with van der Waals surface area (Å²) < 4.78 is 5.84. The third-order valence-corrected chi connectivity index (χ3v) is 3.35. The molecule has 4 nitrogen and oxygen atoms in total. The lowest BCUT2D eigenvalue weighted by Crippen LogP contribution is -2.29.